The van der Waals surface area contributed by atoms with Crippen molar-refractivity contribution in [1.29, 1.82) is 0 Å². The zero-order chi connectivity index (χ0) is 26.7. The molecule has 0 atom stereocenters. The number of nitrogens with zero attached hydrogens (tertiary/aromatic N) is 4. The molecule has 4 rings (SSSR count). The number of ether oxygens (including phenoxy) is 1. The predicted octanol–water partition coefficient (Wildman–Crippen LogP) is 5.35. The Morgan fingerprint density at radius 1 is 1.19 bits per heavy atom. The van der Waals surface area contributed by atoms with Gasteiger partial charge < -0.3 is 10.1 Å². The molecule has 0 fully saturated rings. The van der Waals surface area contributed by atoms with Gasteiger partial charge in [0.05, 0.1) is 26.5 Å². The summed E-state index contributed by atoms with van der Waals surface area (Å²) in [7, 11) is 0. The molecule has 0 unspecified atom stereocenters. The van der Waals surface area contributed by atoms with E-state index < -0.39 is 17.4 Å². The van der Waals surface area contributed by atoms with E-state index in [1.165, 1.54) is 18.3 Å². The Kier molecular flexibility index (Phi) is 7.79. The van der Waals surface area contributed by atoms with Crippen LogP contribution in [0.25, 0.3) is 10.9 Å². The van der Waals surface area contributed by atoms with Crippen LogP contribution in [0.4, 0.5) is 11.4 Å². The number of carbonyl (C=O) groups excluding carboxylic acids is 1. The van der Waals surface area contributed by atoms with Gasteiger partial charge in [0.2, 0.25) is 5.75 Å². The largest absolute Gasteiger partial charge is 0.476 e. The van der Waals surface area contributed by atoms with Gasteiger partial charge in [0, 0.05) is 21.8 Å². The van der Waals surface area contributed by atoms with Crippen LogP contribution in [0.2, 0.25) is 0 Å². The van der Waals surface area contributed by atoms with Gasteiger partial charge in [-0.2, -0.15) is 9.78 Å². The van der Waals surface area contributed by atoms with E-state index in [1.54, 1.807) is 37.3 Å². The van der Waals surface area contributed by atoms with Crippen molar-refractivity contribution >= 4 is 66.3 Å². The summed E-state index contributed by atoms with van der Waals surface area (Å²) in [5.74, 6) is -0.219. The smallest absolute Gasteiger partial charge is 0.312 e. The van der Waals surface area contributed by atoms with E-state index in [0.29, 0.717) is 28.0 Å². The number of aromatic nitrogens is 2. The fourth-order valence-corrected chi connectivity index (χ4v) is 4.45. The molecule has 0 saturated carbocycles. The van der Waals surface area contributed by atoms with Crippen molar-refractivity contribution in [3.8, 4) is 5.75 Å². The van der Waals surface area contributed by atoms with Crippen LogP contribution in [0.5, 0.6) is 5.75 Å². The van der Waals surface area contributed by atoms with Crippen molar-refractivity contribution in [2.45, 2.75) is 13.8 Å². The van der Waals surface area contributed by atoms with Gasteiger partial charge in [-0.15, -0.1) is 0 Å². The first-order chi connectivity index (χ1) is 17.6. The third kappa shape index (κ3) is 5.92. The number of halogens is 2. The van der Waals surface area contributed by atoms with Gasteiger partial charge >= 0.3 is 5.69 Å². The molecule has 1 heterocycles. The average Bonchev–Trinajstić information content (AvgIpc) is 2.85. The Balaban J connectivity index is 1.59. The maximum absolute atomic E-state index is 12.9. The van der Waals surface area contributed by atoms with Crippen LogP contribution in [0.3, 0.4) is 0 Å². The maximum atomic E-state index is 12.9. The summed E-state index contributed by atoms with van der Waals surface area (Å²) < 4.78 is 7.59. The van der Waals surface area contributed by atoms with Crippen molar-refractivity contribution in [3.05, 3.63) is 101 Å². The molecule has 188 valence electrons. The number of fused-ring (bicyclic) bond motifs is 1. The lowest BCUT2D eigenvalue weighted by molar-refractivity contribution is -0.385. The van der Waals surface area contributed by atoms with Crippen molar-refractivity contribution in [3.63, 3.8) is 0 Å². The van der Waals surface area contributed by atoms with Gasteiger partial charge in [0.15, 0.2) is 6.61 Å². The molecule has 0 saturated heterocycles. The third-order valence-corrected chi connectivity index (χ3v) is 6.38. The number of hydrogen-bond donors (Lipinski definition) is 1. The molecular formula is C25H19Br2N5O5. The number of carbonyl (C=O) groups is 1. The fourth-order valence-electron chi connectivity index (χ4n) is 3.51. The molecule has 0 bridgehead atoms. The lowest BCUT2D eigenvalue weighted by atomic mass is 10.2. The van der Waals surface area contributed by atoms with Crippen LogP contribution < -0.4 is 15.6 Å². The van der Waals surface area contributed by atoms with Crippen molar-refractivity contribution < 1.29 is 14.5 Å². The highest BCUT2D eigenvalue weighted by molar-refractivity contribution is 9.10. The number of rotatable bonds is 7. The first kappa shape index (κ1) is 26.2. The number of amides is 1. The number of nitrogens with one attached hydrogen (secondary N) is 1. The van der Waals surface area contributed by atoms with Gasteiger partial charge in [-0.3, -0.25) is 19.7 Å². The first-order valence-electron chi connectivity index (χ1n) is 10.8. The Morgan fingerprint density at radius 2 is 1.95 bits per heavy atom. The van der Waals surface area contributed by atoms with E-state index in [0.717, 1.165) is 14.7 Å². The molecule has 0 aliphatic rings. The van der Waals surface area contributed by atoms with Crippen LogP contribution in [0, 0.1) is 24.0 Å². The molecule has 37 heavy (non-hydrogen) atoms. The average molecular weight is 629 g/mol. The van der Waals surface area contributed by atoms with E-state index in [-0.39, 0.29) is 21.5 Å². The summed E-state index contributed by atoms with van der Waals surface area (Å²) >= 11 is 6.62. The lowest BCUT2D eigenvalue weighted by Crippen LogP contribution is -2.21. The number of nitro benzene ring substituents is 1. The monoisotopic (exact) mass is 627 g/mol. The molecular weight excluding hydrogens is 610 g/mol. The van der Waals surface area contributed by atoms with Crippen LogP contribution >= 0.6 is 31.9 Å². The number of hydrogen-bond acceptors (Lipinski definition) is 7. The minimum Gasteiger partial charge on any atom is -0.476 e. The highest BCUT2D eigenvalue weighted by Gasteiger charge is 2.21. The predicted molar refractivity (Wildman–Crippen MR) is 148 cm³/mol. The van der Waals surface area contributed by atoms with Gasteiger partial charge in [-0.25, -0.2) is 4.98 Å². The van der Waals surface area contributed by atoms with E-state index >= 15 is 0 Å². The topological polar surface area (TPSA) is 129 Å². The summed E-state index contributed by atoms with van der Waals surface area (Å²) in [6.07, 6.45) is 1.31. The van der Waals surface area contributed by atoms with Crippen LogP contribution in [-0.4, -0.2) is 33.3 Å². The maximum Gasteiger partial charge on any atom is 0.312 e. The molecule has 0 aliphatic heterocycles. The van der Waals surface area contributed by atoms with E-state index in [1.807, 2.05) is 19.1 Å². The quantitative estimate of drug-likeness (QED) is 0.167. The van der Waals surface area contributed by atoms with Crippen LogP contribution in [0.15, 0.2) is 73.4 Å². The first-order valence-corrected chi connectivity index (χ1v) is 12.4. The van der Waals surface area contributed by atoms with E-state index in [9.17, 15) is 19.7 Å². The van der Waals surface area contributed by atoms with Crippen molar-refractivity contribution in [2.75, 3.05) is 11.9 Å². The Labute approximate surface area is 227 Å². The molecule has 1 N–H and O–H groups in total. The summed E-state index contributed by atoms with van der Waals surface area (Å²) in [5, 5.41) is 19.1. The number of para-hydroxylation sites is 1. The molecule has 1 amide bonds. The van der Waals surface area contributed by atoms with Crippen LogP contribution in [-0.2, 0) is 4.79 Å². The Morgan fingerprint density at radius 3 is 2.68 bits per heavy atom. The second kappa shape index (κ2) is 11.0. The third-order valence-electron chi connectivity index (χ3n) is 5.30. The summed E-state index contributed by atoms with van der Waals surface area (Å²) in [6.45, 7) is 3.05. The summed E-state index contributed by atoms with van der Waals surface area (Å²) in [5.41, 5.74) is 1.60. The Hall–Kier alpha value is -3.90. The molecule has 0 aliphatic carbocycles. The number of benzene rings is 3. The summed E-state index contributed by atoms with van der Waals surface area (Å²) in [4.78, 5) is 40.8. The second-order valence-corrected chi connectivity index (χ2v) is 9.71. The standard InChI is InChI=1S/C25H19Br2N5O5/c1-14-5-3-4-6-20(14)30-23(33)13-37-24-19(27)9-16(10-22(24)32(35)36)12-28-31-15(2)29-21-8-7-17(26)11-18(21)25(31)34/h3-12H,13H2,1-2H3,(H,30,33). The molecule has 0 spiro atoms. The minimum absolute atomic E-state index is 0.104. The van der Waals surface area contributed by atoms with Gasteiger partial charge in [0.1, 0.15) is 5.82 Å². The molecule has 3 aromatic carbocycles. The molecule has 1 aromatic heterocycles. The van der Waals surface area contributed by atoms with Crippen LogP contribution in [0.1, 0.15) is 17.0 Å². The van der Waals surface area contributed by atoms with E-state index in [2.05, 4.69) is 47.3 Å². The molecule has 12 heteroatoms. The van der Waals surface area contributed by atoms with Gasteiger partial charge in [-0.1, -0.05) is 34.1 Å². The number of anilines is 1. The molecule has 0 radical (unpaired) electrons. The summed E-state index contributed by atoms with van der Waals surface area (Å²) in [6, 6.07) is 15.2. The molecule has 4 aromatic rings. The zero-order valence-electron chi connectivity index (χ0n) is 19.6. The number of nitro groups is 1. The fraction of sp³-hybridized carbons (Fsp3) is 0.120. The van der Waals surface area contributed by atoms with Crippen molar-refractivity contribution in [2.24, 2.45) is 5.10 Å². The highest BCUT2D eigenvalue weighted by atomic mass is 79.9. The second-order valence-electron chi connectivity index (χ2n) is 7.94. The van der Waals surface area contributed by atoms with Gasteiger partial charge in [-0.05, 0) is 65.7 Å². The zero-order valence-corrected chi connectivity index (χ0v) is 22.7. The highest BCUT2D eigenvalue weighted by Crippen LogP contribution is 2.36. The minimum atomic E-state index is -0.622. The normalized spacial score (nSPS) is 11.1. The van der Waals surface area contributed by atoms with Gasteiger partial charge in [0.25, 0.3) is 11.5 Å². The lowest BCUT2D eigenvalue weighted by Gasteiger charge is -2.11. The SMILES string of the molecule is Cc1ccccc1NC(=O)COc1c(Br)cc(C=Nn2c(C)nc3ccc(Br)cc3c2=O)cc1[N+](=O)[O-]. The van der Waals surface area contributed by atoms with Crippen molar-refractivity contribution in [1.82, 2.24) is 9.66 Å². The number of aryl methyl sites for hydroxylation is 2. The molecule has 10 nitrogen and oxygen atoms in total. The Bertz CT molecular complexity index is 1630. The van der Waals surface area contributed by atoms with E-state index in [4.69, 9.17) is 4.74 Å².